The number of rotatable bonds is 2. The minimum Gasteiger partial charge on any atom is -0.298 e. The Labute approximate surface area is 116 Å². The van der Waals surface area contributed by atoms with Crippen LogP contribution in [0.5, 0.6) is 0 Å². The molecule has 4 heterocycles. The second-order valence-corrected chi connectivity index (χ2v) is 7.50. The Kier molecular flexibility index (Phi) is 2.35. The first-order valence-corrected chi connectivity index (χ1v) is 8.16. The van der Waals surface area contributed by atoms with E-state index < -0.39 is 0 Å². The van der Waals surface area contributed by atoms with Gasteiger partial charge in [-0.15, -0.1) is 0 Å². The van der Waals surface area contributed by atoms with Crippen LogP contribution in [0.15, 0.2) is 0 Å². The summed E-state index contributed by atoms with van der Waals surface area (Å²) in [5.74, 6) is 0.602. The van der Waals surface area contributed by atoms with Crippen molar-refractivity contribution < 1.29 is 4.79 Å². The molecule has 0 aromatic heterocycles. The Balaban J connectivity index is 1.80. The number of Topliss-reactive ketones (excluding diaryl/α,β-unsaturated/α-hetero) is 1. The van der Waals surface area contributed by atoms with E-state index in [9.17, 15) is 4.79 Å². The largest absolute Gasteiger partial charge is 0.298 e. The summed E-state index contributed by atoms with van der Waals surface area (Å²) in [5.41, 5.74) is 0.263. The molecule has 19 heavy (non-hydrogen) atoms. The second kappa shape index (κ2) is 3.62. The van der Waals surface area contributed by atoms with Crippen LogP contribution < -0.4 is 0 Å². The lowest BCUT2D eigenvalue weighted by Gasteiger charge is -2.70. The molecule has 0 unspecified atom stereocenters. The molecule has 0 amide bonds. The molecule has 4 aliphatic heterocycles. The maximum atomic E-state index is 13.0. The molecular weight excluding hydrogens is 236 g/mol. The molecule has 0 atom stereocenters. The van der Waals surface area contributed by atoms with Crippen molar-refractivity contribution >= 4 is 5.78 Å². The fraction of sp³-hybridized carbons (Fsp3) is 0.938. The molecule has 0 aromatic carbocycles. The number of hydrogen-bond acceptors (Lipinski definition) is 3. The Morgan fingerprint density at radius 3 is 1.68 bits per heavy atom. The predicted molar refractivity (Wildman–Crippen MR) is 74.8 cm³/mol. The maximum Gasteiger partial charge on any atom is 0.150 e. The average Bonchev–Trinajstić information content (AvgIpc) is 2.89. The van der Waals surface area contributed by atoms with Gasteiger partial charge in [0.25, 0.3) is 0 Å². The third kappa shape index (κ3) is 1.25. The molecule has 1 aliphatic carbocycles. The van der Waals surface area contributed by atoms with E-state index >= 15 is 0 Å². The number of carbonyl (C=O) groups is 1. The highest BCUT2D eigenvalue weighted by molar-refractivity contribution is 5.93. The van der Waals surface area contributed by atoms with Crippen molar-refractivity contribution in [1.82, 2.24) is 9.80 Å². The average molecular weight is 262 g/mol. The Hall–Kier alpha value is -0.410. The van der Waals surface area contributed by atoms with Gasteiger partial charge in [-0.2, -0.15) is 0 Å². The van der Waals surface area contributed by atoms with Gasteiger partial charge >= 0.3 is 0 Å². The van der Waals surface area contributed by atoms with E-state index in [4.69, 9.17) is 0 Å². The molecule has 3 nitrogen and oxygen atoms in total. The lowest BCUT2D eigenvalue weighted by molar-refractivity contribution is -0.234. The van der Waals surface area contributed by atoms with Gasteiger partial charge in [-0.25, -0.2) is 0 Å². The summed E-state index contributed by atoms with van der Waals surface area (Å²) in [6, 6.07) is 0. The van der Waals surface area contributed by atoms with Gasteiger partial charge in [-0.1, -0.05) is 26.7 Å². The molecule has 0 N–H and O–H groups in total. The smallest absolute Gasteiger partial charge is 0.150 e. The highest BCUT2D eigenvalue weighted by atomic mass is 16.1. The standard InChI is InChI=1S/C16H26N2O/c1-3-14-9-17-11-15(4-2,13(14)19)12-18(10-14)16(17)7-5-6-8-16/h3-12H2,1-2H3. The summed E-state index contributed by atoms with van der Waals surface area (Å²) >= 11 is 0. The van der Waals surface area contributed by atoms with Gasteiger partial charge in [-0.3, -0.25) is 14.6 Å². The van der Waals surface area contributed by atoms with Gasteiger partial charge in [-0.05, 0) is 25.7 Å². The molecular formula is C16H26N2O. The van der Waals surface area contributed by atoms with Crippen LogP contribution in [0.1, 0.15) is 52.4 Å². The second-order valence-electron chi connectivity index (χ2n) is 7.50. The lowest BCUT2D eigenvalue weighted by atomic mass is 9.57. The van der Waals surface area contributed by atoms with E-state index in [0.717, 1.165) is 39.0 Å². The maximum absolute atomic E-state index is 13.0. The molecule has 4 bridgehead atoms. The van der Waals surface area contributed by atoms with Crippen molar-refractivity contribution in [3.05, 3.63) is 0 Å². The number of carbonyl (C=O) groups excluding carboxylic acids is 1. The molecule has 0 radical (unpaired) electrons. The molecule has 106 valence electrons. The molecule has 0 aromatic rings. The Morgan fingerprint density at radius 2 is 1.32 bits per heavy atom. The summed E-state index contributed by atoms with van der Waals surface area (Å²) in [6.45, 7) is 8.61. The minimum absolute atomic E-state index is 0.0413. The summed E-state index contributed by atoms with van der Waals surface area (Å²) < 4.78 is 0. The van der Waals surface area contributed by atoms with Crippen molar-refractivity contribution in [3.63, 3.8) is 0 Å². The summed E-state index contributed by atoms with van der Waals surface area (Å²) in [6.07, 6.45) is 7.47. The first kappa shape index (κ1) is 12.3. The molecule has 4 saturated heterocycles. The van der Waals surface area contributed by atoms with Crippen molar-refractivity contribution in [2.45, 2.75) is 58.0 Å². The fourth-order valence-electron chi connectivity index (χ4n) is 5.65. The van der Waals surface area contributed by atoms with E-state index in [0.29, 0.717) is 11.4 Å². The van der Waals surface area contributed by atoms with E-state index in [1.54, 1.807) is 0 Å². The SMILES string of the molecule is CCC12CN3CC(CC)(CN(C1)C31CCCC1)C2=O. The number of nitrogens with zero attached hydrogens (tertiary/aromatic N) is 2. The number of hydrogen-bond donors (Lipinski definition) is 0. The highest BCUT2D eigenvalue weighted by Crippen LogP contribution is 2.57. The summed E-state index contributed by atoms with van der Waals surface area (Å²) in [7, 11) is 0. The van der Waals surface area contributed by atoms with Crippen molar-refractivity contribution in [2.24, 2.45) is 10.8 Å². The number of piperidine rings is 2. The van der Waals surface area contributed by atoms with E-state index in [-0.39, 0.29) is 10.8 Å². The normalized spacial score (nSPS) is 50.3. The topological polar surface area (TPSA) is 23.6 Å². The Bertz CT molecular complexity index is 380. The van der Waals surface area contributed by atoms with Crippen LogP contribution in [-0.2, 0) is 4.79 Å². The van der Waals surface area contributed by atoms with Crippen molar-refractivity contribution in [1.29, 1.82) is 0 Å². The summed E-state index contributed by atoms with van der Waals surface area (Å²) in [4.78, 5) is 18.5. The minimum atomic E-state index is -0.0413. The third-order valence-electron chi connectivity index (χ3n) is 6.87. The molecule has 5 aliphatic rings. The van der Waals surface area contributed by atoms with E-state index in [1.807, 2.05) is 0 Å². The zero-order chi connectivity index (χ0) is 13.3. The first-order valence-electron chi connectivity index (χ1n) is 8.16. The molecule has 5 rings (SSSR count). The first-order chi connectivity index (χ1) is 9.11. The van der Waals surface area contributed by atoms with E-state index in [2.05, 4.69) is 23.6 Å². The molecule has 1 spiro atoms. The van der Waals surface area contributed by atoms with Crippen LogP contribution in [0.3, 0.4) is 0 Å². The molecule has 1 saturated carbocycles. The van der Waals surface area contributed by atoms with Gasteiger partial charge in [0.15, 0.2) is 0 Å². The zero-order valence-electron chi connectivity index (χ0n) is 12.4. The van der Waals surface area contributed by atoms with Gasteiger partial charge < -0.3 is 0 Å². The van der Waals surface area contributed by atoms with Crippen molar-refractivity contribution in [2.75, 3.05) is 26.2 Å². The quantitative estimate of drug-likeness (QED) is 0.762. The fourth-order valence-corrected chi connectivity index (χ4v) is 5.65. The van der Waals surface area contributed by atoms with Crippen LogP contribution in [0, 0.1) is 10.8 Å². The van der Waals surface area contributed by atoms with Crippen LogP contribution in [-0.4, -0.2) is 47.4 Å². The van der Waals surface area contributed by atoms with E-state index in [1.165, 1.54) is 25.7 Å². The predicted octanol–water partition coefficient (Wildman–Crippen LogP) is 2.26. The lowest BCUT2D eigenvalue weighted by Crippen LogP contribution is -2.83. The third-order valence-corrected chi connectivity index (χ3v) is 6.87. The van der Waals surface area contributed by atoms with Crippen molar-refractivity contribution in [3.8, 4) is 0 Å². The highest BCUT2D eigenvalue weighted by Gasteiger charge is 2.68. The van der Waals surface area contributed by atoms with Crippen LogP contribution in [0.4, 0.5) is 0 Å². The van der Waals surface area contributed by atoms with Gasteiger partial charge in [0.05, 0.1) is 16.5 Å². The van der Waals surface area contributed by atoms with Crippen LogP contribution in [0.2, 0.25) is 0 Å². The molecule has 5 fully saturated rings. The monoisotopic (exact) mass is 262 g/mol. The zero-order valence-corrected chi connectivity index (χ0v) is 12.4. The summed E-state index contributed by atoms with van der Waals surface area (Å²) in [5, 5.41) is 0. The van der Waals surface area contributed by atoms with Crippen LogP contribution in [0.25, 0.3) is 0 Å². The van der Waals surface area contributed by atoms with Gasteiger partial charge in [0.2, 0.25) is 0 Å². The molecule has 3 heteroatoms. The van der Waals surface area contributed by atoms with Crippen LogP contribution >= 0.6 is 0 Å². The van der Waals surface area contributed by atoms with Gasteiger partial charge in [0.1, 0.15) is 5.78 Å². The van der Waals surface area contributed by atoms with Gasteiger partial charge in [0, 0.05) is 26.2 Å². The Morgan fingerprint density at radius 1 is 0.895 bits per heavy atom. The number of ketones is 1.